The molecule has 0 radical (unpaired) electrons. The maximum Gasteiger partial charge on any atom is 0.328 e. The van der Waals surface area contributed by atoms with Crippen LogP contribution in [0, 0.1) is 6.92 Å². The highest BCUT2D eigenvalue weighted by Crippen LogP contribution is 2.42. The lowest BCUT2D eigenvalue weighted by molar-refractivity contribution is -0.153. The Morgan fingerprint density at radius 1 is 1.00 bits per heavy atom. The van der Waals surface area contributed by atoms with Gasteiger partial charge in [-0.05, 0) is 43.0 Å². The Morgan fingerprint density at radius 2 is 1.64 bits per heavy atom. The highest BCUT2D eigenvalue weighted by Gasteiger charge is 2.51. The molecule has 6 nitrogen and oxygen atoms in total. The molecule has 1 fully saturated rings. The third kappa shape index (κ3) is 2.94. The van der Waals surface area contributed by atoms with Gasteiger partial charge in [-0.2, -0.15) is 4.31 Å². The van der Waals surface area contributed by atoms with E-state index in [1.165, 1.54) is 4.31 Å². The molecule has 0 bridgehead atoms. The molecule has 7 heteroatoms. The summed E-state index contributed by atoms with van der Waals surface area (Å²) in [7, 11) is -3.57. The van der Waals surface area contributed by atoms with Crippen molar-refractivity contribution in [1.82, 2.24) is 9.21 Å². The van der Waals surface area contributed by atoms with E-state index in [2.05, 4.69) is 0 Å². The summed E-state index contributed by atoms with van der Waals surface area (Å²) in [4.78, 5) is 14.6. The van der Waals surface area contributed by atoms with Gasteiger partial charge < -0.3 is 5.11 Å². The minimum absolute atomic E-state index is 0.283. The monoisotopic (exact) mass is 400 g/mol. The lowest BCUT2D eigenvalue weighted by atomic mass is 9.89. The van der Waals surface area contributed by atoms with Crippen LogP contribution in [0.1, 0.15) is 23.1 Å². The zero-order valence-electron chi connectivity index (χ0n) is 15.8. The Morgan fingerprint density at radius 3 is 2.29 bits per heavy atom. The van der Waals surface area contributed by atoms with Gasteiger partial charge in [-0.15, -0.1) is 0 Å². The van der Waals surface area contributed by atoms with Gasteiger partial charge in [0.05, 0.1) is 4.90 Å². The number of hydrogen-bond donors (Lipinski definition) is 1. The fourth-order valence-corrected chi connectivity index (χ4v) is 5.87. The zero-order valence-corrected chi connectivity index (χ0v) is 16.7. The lowest BCUT2D eigenvalue weighted by Gasteiger charge is -2.43. The predicted octanol–water partition coefficient (Wildman–Crippen LogP) is 2.23. The summed E-state index contributed by atoms with van der Waals surface area (Å²) >= 11 is 0. The standard InChI is InChI=1S/C21H24N2O4S/c1-16-6-8-18(9-7-16)28(26,27)23-14-12-22(13-15-23)21(20(24)25)11-10-17-4-2-3-5-19(17)21/h2-9H,10-15H2,1H3,(H,24,25)/t21-/m0/s1. The van der Waals surface area contributed by atoms with Crippen molar-refractivity contribution in [1.29, 1.82) is 0 Å². The van der Waals surface area contributed by atoms with Crippen LogP contribution >= 0.6 is 0 Å². The number of benzene rings is 2. The number of piperazine rings is 1. The highest BCUT2D eigenvalue weighted by atomic mass is 32.2. The normalized spacial score (nSPS) is 23.5. The van der Waals surface area contributed by atoms with E-state index in [1.807, 2.05) is 36.1 Å². The van der Waals surface area contributed by atoms with Crippen molar-refractivity contribution >= 4 is 16.0 Å². The molecular formula is C21H24N2O4S. The zero-order chi connectivity index (χ0) is 19.9. The molecule has 2 aromatic carbocycles. The topological polar surface area (TPSA) is 77.9 Å². The van der Waals surface area contributed by atoms with Gasteiger partial charge in [0, 0.05) is 26.2 Å². The molecule has 0 amide bonds. The van der Waals surface area contributed by atoms with Crippen LogP contribution in [0.5, 0.6) is 0 Å². The van der Waals surface area contributed by atoms with Crippen LogP contribution in [0.2, 0.25) is 0 Å². The van der Waals surface area contributed by atoms with Crippen molar-refractivity contribution in [3.63, 3.8) is 0 Å². The van der Waals surface area contributed by atoms with E-state index >= 15 is 0 Å². The van der Waals surface area contributed by atoms with Crippen LogP contribution in [-0.2, 0) is 26.8 Å². The molecule has 1 aliphatic carbocycles. The van der Waals surface area contributed by atoms with E-state index in [-0.39, 0.29) is 18.0 Å². The average Bonchev–Trinajstić information content (AvgIpc) is 3.09. The largest absolute Gasteiger partial charge is 0.480 e. The first-order chi connectivity index (χ1) is 13.4. The minimum Gasteiger partial charge on any atom is -0.480 e. The second kappa shape index (κ2) is 6.99. The lowest BCUT2D eigenvalue weighted by Crippen LogP contribution is -2.58. The third-order valence-corrected chi connectivity index (χ3v) is 7.92. The minimum atomic E-state index is -3.57. The maximum absolute atomic E-state index is 12.9. The molecule has 1 atom stereocenters. The summed E-state index contributed by atoms with van der Waals surface area (Å²) in [5.74, 6) is -0.854. The van der Waals surface area contributed by atoms with Crippen molar-refractivity contribution in [2.45, 2.75) is 30.2 Å². The quantitative estimate of drug-likeness (QED) is 0.852. The van der Waals surface area contributed by atoms with E-state index in [1.54, 1.807) is 24.3 Å². The van der Waals surface area contributed by atoms with Gasteiger partial charge in [0.25, 0.3) is 0 Å². The van der Waals surface area contributed by atoms with Crippen LogP contribution in [0.25, 0.3) is 0 Å². The number of fused-ring (bicyclic) bond motifs is 1. The molecule has 2 aliphatic rings. The Labute approximate surface area is 165 Å². The number of rotatable bonds is 4. The summed E-state index contributed by atoms with van der Waals surface area (Å²) in [6.45, 7) is 3.28. The van der Waals surface area contributed by atoms with E-state index in [4.69, 9.17) is 0 Å². The maximum atomic E-state index is 12.9. The second-order valence-electron chi connectivity index (χ2n) is 7.53. The van der Waals surface area contributed by atoms with Crippen LogP contribution in [0.4, 0.5) is 0 Å². The molecule has 148 valence electrons. The first-order valence-electron chi connectivity index (χ1n) is 9.49. The van der Waals surface area contributed by atoms with E-state index < -0.39 is 21.5 Å². The van der Waals surface area contributed by atoms with Crippen molar-refractivity contribution in [3.8, 4) is 0 Å². The Bertz CT molecular complexity index is 995. The molecule has 0 spiro atoms. The van der Waals surface area contributed by atoms with Gasteiger partial charge in [-0.1, -0.05) is 42.0 Å². The van der Waals surface area contributed by atoms with Crippen LogP contribution in [0.3, 0.4) is 0 Å². The fraction of sp³-hybridized carbons (Fsp3) is 0.381. The molecule has 0 unspecified atom stereocenters. The van der Waals surface area contributed by atoms with Crippen molar-refractivity contribution in [2.75, 3.05) is 26.2 Å². The SMILES string of the molecule is Cc1ccc(S(=O)(=O)N2CCN([C@@]3(C(=O)O)CCc4ccccc43)CC2)cc1. The number of aliphatic carboxylic acids is 1. The summed E-state index contributed by atoms with van der Waals surface area (Å²) in [5.41, 5.74) is 1.86. The summed E-state index contributed by atoms with van der Waals surface area (Å²) in [6.07, 6.45) is 1.25. The fourth-order valence-electron chi connectivity index (χ4n) is 4.45. The molecule has 0 aromatic heterocycles. The first-order valence-corrected chi connectivity index (χ1v) is 10.9. The molecule has 4 rings (SSSR count). The van der Waals surface area contributed by atoms with Gasteiger partial charge in [0.1, 0.15) is 5.54 Å². The average molecular weight is 401 g/mol. The summed E-state index contributed by atoms with van der Waals surface area (Å²) < 4.78 is 27.3. The van der Waals surface area contributed by atoms with Crippen LogP contribution < -0.4 is 0 Å². The molecule has 2 aromatic rings. The highest BCUT2D eigenvalue weighted by molar-refractivity contribution is 7.89. The van der Waals surface area contributed by atoms with Crippen LogP contribution in [-0.4, -0.2) is 54.9 Å². The summed E-state index contributed by atoms with van der Waals surface area (Å²) in [6, 6.07) is 14.5. The van der Waals surface area contributed by atoms with Crippen LogP contribution in [0.15, 0.2) is 53.4 Å². The molecule has 0 saturated carbocycles. The Hall–Kier alpha value is -2.22. The van der Waals surface area contributed by atoms with E-state index in [0.717, 1.165) is 23.1 Å². The number of carboxylic acid groups (broad SMARTS) is 1. The Kier molecular flexibility index (Phi) is 4.77. The van der Waals surface area contributed by atoms with Gasteiger partial charge >= 0.3 is 5.97 Å². The molecule has 1 aliphatic heterocycles. The number of aryl methyl sites for hydroxylation is 2. The Balaban J connectivity index is 1.57. The van der Waals surface area contributed by atoms with E-state index in [9.17, 15) is 18.3 Å². The molecule has 1 heterocycles. The van der Waals surface area contributed by atoms with Crippen molar-refractivity contribution in [3.05, 3.63) is 65.2 Å². The van der Waals surface area contributed by atoms with Crippen molar-refractivity contribution < 1.29 is 18.3 Å². The molecular weight excluding hydrogens is 376 g/mol. The van der Waals surface area contributed by atoms with Crippen molar-refractivity contribution in [2.24, 2.45) is 0 Å². The number of sulfonamides is 1. The molecule has 28 heavy (non-hydrogen) atoms. The first kappa shape index (κ1) is 19.1. The smallest absolute Gasteiger partial charge is 0.328 e. The number of carbonyl (C=O) groups is 1. The van der Waals surface area contributed by atoms with Gasteiger partial charge in [0.2, 0.25) is 10.0 Å². The number of nitrogens with zero attached hydrogens (tertiary/aromatic N) is 2. The third-order valence-electron chi connectivity index (χ3n) is 6.01. The van der Waals surface area contributed by atoms with Gasteiger partial charge in [-0.25, -0.2) is 13.2 Å². The molecule has 1 N–H and O–H groups in total. The number of carboxylic acids is 1. The molecule has 1 saturated heterocycles. The van der Waals surface area contributed by atoms with Gasteiger partial charge in [-0.3, -0.25) is 4.90 Å². The predicted molar refractivity (Wildman–Crippen MR) is 106 cm³/mol. The van der Waals surface area contributed by atoms with E-state index in [0.29, 0.717) is 19.5 Å². The number of hydrogen-bond acceptors (Lipinski definition) is 4. The summed E-state index contributed by atoms with van der Waals surface area (Å²) in [5, 5.41) is 10.1. The van der Waals surface area contributed by atoms with Gasteiger partial charge in [0.15, 0.2) is 0 Å². The second-order valence-corrected chi connectivity index (χ2v) is 9.46.